The first kappa shape index (κ1) is 48.1. The summed E-state index contributed by atoms with van der Waals surface area (Å²) in [4.78, 5) is 14.4. The number of fused-ring (bicyclic) bond motifs is 27. The van der Waals surface area contributed by atoms with Gasteiger partial charge in [-0.3, -0.25) is 0 Å². The van der Waals surface area contributed by atoms with Crippen LogP contribution in [-0.4, -0.2) is 9.97 Å². The standard InChI is InChI=1S/C82H44N4S/c83-45-47-31-35-49(36-32-47)51-39-41-53-54-42-40-52(50-37-33-48(46-84)34-38-50)44-64(54)76-75(63(53)43-51)85-77-78(86-76)80(62-22-14-30-72-74(62)60-20-6-12-28-70(60)82(72)67-25-9-3-17-57(67)58-18-4-10-26-68(58)82)87-79(77)61-21-13-29-71-73(61)59-19-5-11-27-69(59)81(71)65-23-7-1-15-55(65)56-16-2-8-24-66(56)81/h1-44H. The molecule has 15 aromatic rings. The molecule has 0 saturated heterocycles. The third kappa shape index (κ3) is 6.17. The van der Waals surface area contributed by atoms with Gasteiger partial charge in [0.15, 0.2) is 0 Å². The highest BCUT2D eigenvalue weighted by Gasteiger charge is 2.54. The Morgan fingerprint density at radius 1 is 0.264 bits per heavy atom. The molecule has 4 nitrogen and oxygen atoms in total. The van der Waals surface area contributed by atoms with Gasteiger partial charge >= 0.3 is 0 Å². The second-order valence-corrected chi connectivity index (χ2v) is 24.5. The van der Waals surface area contributed by atoms with Gasteiger partial charge in [-0.25, -0.2) is 9.97 Å². The molecule has 13 aromatic carbocycles. The summed E-state index contributed by atoms with van der Waals surface area (Å²) in [6.07, 6.45) is 0. The van der Waals surface area contributed by atoms with E-state index < -0.39 is 10.8 Å². The van der Waals surface area contributed by atoms with Crippen LogP contribution in [0.5, 0.6) is 0 Å². The molecule has 2 aromatic heterocycles. The van der Waals surface area contributed by atoms with Crippen LogP contribution in [0.3, 0.4) is 0 Å². The van der Waals surface area contributed by atoms with E-state index in [0.29, 0.717) is 11.1 Å². The van der Waals surface area contributed by atoms with E-state index in [-0.39, 0.29) is 0 Å². The summed E-state index contributed by atoms with van der Waals surface area (Å²) < 4.78 is 0. The highest BCUT2D eigenvalue weighted by Crippen LogP contribution is 2.67. The molecule has 0 saturated carbocycles. The quantitative estimate of drug-likeness (QED) is 0.165. The predicted molar refractivity (Wildman–Crippen MR) is 354 cm³/mol. The molecular formula is C82H44N4S. The van der Waals surface area contributed by atoms with Crippen molar-refractivity contribution in [2.45, 2.75) is 10.8 Å². The maximum Gasteiger partial charge on any atom is 0.109 e. The van der Waals surface area contributed by atoms with E-state index >= 15 is 0 Å². The first-order chi connectivity index (χ1) is 43.1. The van der Waals surface area contributed by atoms with E-state index in [4.69, 9.17) is 9.97 Å². The van der Waals surface area contributed by atoms with Gasteiger partial charge in [0.1, 0.15) is 11.0 Å². The predicted octanol–water partition coefficient (Wildman–Crippen LogP) is 20.2. The minimum absolute atomic E-state index is 0.543. The number of hydrogen-bond donors (Lipinski definition) is 0. The Balaban J connectivity index is 0.956. The molecule has 0 aliphatic heterocycles. The average molecular weight is 1120 g/mol. The van der Waals surface area contributed by atoms with Crippen LogP contribution in [0.4, 0.5) is 0 Å². The highest BCUT2D eigenvalue weighted by atomic mass is 32.1. The minimum atomic E-state index is -0.543. The highest BCUT2D eigenvalue weighted by molar-refractivity contribution is 7.21. The largest absolute Gasteiger partial charge is 0.242 e. The summed E-state index contributed by atoms with van der Waals surface area (Å²) in [5.41, 5.74) is 30.1. The van der Waals surface area contributed by atoms with Crippen molar-refractivity contribution < 1.29 is 0 Å². The van der Waals surface area contributed by atoms with Crippen molar-refractivity contribution in [2.75, 3.05) is 0 Å². The van der Waals surface area contributed by atoms with E-state index in [0.717, 1.165) is 86.7 Å². The molecule has 0 fully saturated rings. The van der Waals surface area contributed by atoms with Crippen molar-refractivity contribution >= 4 is 54.9 Å². The van der Waals surface area contributed by atoms with Crippen molar-refractivity contribution in [3.63, 3.8) is 0 Å². The molecule has 0 bridgehead atoms. The second-order valence-electron chi connectivity index (χ2n) is 23.5. The van der Waals surface area contributed by atoms with Gasteiger partial charge in [-0.15, -0.1) is 11.3 Å². The molecule has 87 heavy (non-hydrogen) atoms. The lowest BCUT2D eigenvalue weighted by Gasteiger charge is -2.30. The van der Waals surface area contributed by atoms with Gasteiger partial charge in [0, 0.05) is 21.9 Å². The number of hydrogen-bond acceptors (Lipinski definition) is 5. The van der Waals surface area contributed by atoms with Gasteiger partial charge in [0.2, 0.25) is 0 Å². The van der Waals surface area contributed by atoms with Crippen molar-refractivity contribution in [3.8, 4) is 99.8 Å². The molecule has 2 heterocycles. The van der Waals surface area contributed by atoms with Gasteiger partial charge in [0.25, 0.3) is 0 Å². The maximum absolute atomic E-state index is 9.80. The zero-order valence-electron chi connectivity index (χ0n) is 46.6. The van der Waals surface area contributed by atoms with E-state index in [9.17, 15) is 10.5 Å². The van der Waals surface area contributed by atoms with Crippen molar-refractivity contribution in [1.82, 2.24) is 9.97 Å². The van der Waals surface area contributed by atoms with Crippen LogP contribution in [0.1, 0.15) is 55.6 Å². The number of benzene rings is 13. The fourth-order valence-corrected chi connectivity index (χ4v) is 17.4. The topological polar surface area (TPSA) is 73.4 Å². The van der Waals surface area contributed by atoms with E-state index in [1.54, 1.807) is 0 Å². The third-order valence-electron chi connectivity index (χ3n) is 19.6. The molecular weight excluding hydrogens is 1070 g/mol. The minimum Gasteiger partial charge on any atom is -0.242 e. The lowest BCUT2D eigenvalue weighted by Crippen LogP contribution is -2.25. The normalized spacial score (nSPS) is 13.7. The Morgan fingerprint density at radius 3 is 0.920 bits per heavy atom. The van der Waals surface area contributed by atoms with E-state index in [1.807, 2.05) is 59.9 Å². The molecule has 19 rings (SSSR count). The third-order valence-corrected chi connectivity index (χ3v) is 20.8. The summed E-state index contributed by atoms with van der Waals surface area (Å²) in [5, 5.41) is 23.7. The SMILES string of the molecule is N#Cc1ccc(-c2ccc3c4ccc(-c5ccc(C#N)cc5)cc4c4nc5c(-c6cccc7c6-c6ccccc6C76c7ccccc7-c7ccccc76)sc(-c6cccc7c6-c6ccccc6C76c7ccccc7-c7ccccc76)c5nc4c3c2)cc1. The van der Waals surface area contributed by atoms with Gasteiger partial charge in [-0.2, -0.15) is 10.5 Å². The number of nitriles is 2. The molecule has 0 amide bonds. The fraction of sp³-hybridized carbons (Fsp3) is 0.0244. The molecule has 0 unspecified atom stereocenters. The second kappa shape index (κ2) is 17.6. The van der Waals surface area contributed by atoms with Crippen molar-refractivity contribution in [3.05, 3.63) is 323 Å². The van der Waals surface area contributed by atoms with Crippen LogP contribution in [0.15, 0.2) is 267 Å². The number of rotatable bonds is 4. The summed E-state index contributed by atoms with van der Waals surface area (Å²) >= 11 is 1.82. The van der Waals surface area contributed by atoms with Gasteiger partial charge in [0.05, 0.1) is 54.9 Å². The molecule has 4 aliphatic carbocycles. The van der Waals surface area contributed by atoms with Crippen LogP contribution in [0.25, 0.3) is 131 Å². The summed E-state index contributed by atoms with van der Waals surface area (Å²) in [6.45, 7) is 0. The zero-order chi connectivity index (χ0) is 57.3. The first-order valence-corrected chi connectivity index (χ1v) is 30.4. The van der Waals surface area contributed by atoms with Crippen LogP contribution in [-0.2, 0) is 10.8 Å². The summed E-state index contributed by atoms with van der Waals surface area (Å²) in [5.74, 6) is 0. The fourth-order valence-electron chi connectivity index (χ4n) is 16.1. The van der Waals surface area contributed by atoms with Crippen LogP contribution in [0.2, 0.25) is 0 Å². The Kier molecular flexibility index (Phi) is 9.73. The van der Waals surface area contributed by atoms with Crippen molar-refractivity contribution in [2.24, 2.45) is 0 Å². The Hall–Kier alpha value is -11.3. The zero-order valence-corrected chi connectivity index (χ0v) is 47.4. The Morgan fingerprint density at radius 2 is 0.563 bits per heavy atom. The summed E-state index contributed by atoms with van der Waals surface area (Å²) in [7, 11) is 0. The number of thiophene rings is 1. The lowest BCUT2D eigenvalue weighted by molar-refractivity contribution is 0.794. The number of aromatic nitrogens is 2. The Labute approximate surface area is 505 Å². The first-order valence-electron chi connectivity index (χ1n) is 29.6. The lowest BCUT2D eigenvalue weighted by atomic mass is 9.70. The van der Waals surface area contributed by atoms with Crippen molar-refractivity contribution in [1.29, 1.82) is 10.5 Å². The maximum atomic E-state index is 9.80. The average Bonchev–Trinajstić information content (AvgIpc) is 1.55. The van der Waals surface area contributed by atoms with E-state index in [1.165, 1.54) is 89.0 Å². The number of nitrogens with zero attached hydrogens (tertiary/aromatic N) is 4. The van der Waals surface area contributed by atoms with Gasteiger partial charge in [-0.1, -0.05) is 231 Å². The molecule has 2 spiro atoms. The smallest absolute Gasteiger partial charge is 0.109 e. The van der Waals surface area contributed by atoms with Gasteiger partial charge < -0.3 is 0 Å². The summed E-state index contributed by atoms with van der Waals surface area (Å²) in [6, 6.07) is 102. The van der Waals surface area contributed by atoms with Crippen LogP contribution in [0, 0.1) is 22.7 Å². The van der Waals surface area contributed by atoms with Crippen LogP contribution < -0.4 is 0 Å². The molecule has 0 atom stereocenters. The molecule has 5 heteroatoms. The molecule has 4 aliphatic rings. The molecule has 398 valence electrons. The molecule has 0 N–H and O–H groups in total. The monoisotopic (exact) mass is 1120 g/mol. The van der Waals surface area contributed by atoms with Gasteiger partial charge in [-0.05, 0) is 158 Å². The molecule has 0 radical (unpaired) electrons. The Bertz CT molecular complexity index is 5240. The van der Waals surface area contributed by atoms with E-state index in [2.05, 4.69) is 231 Å². The van der Waals surface area contributed by atoms with Crippen LogP contribution >= 0.6 is 11.3 Å².